The fraction of sp³-hybridized carbons (Fsp3) is 0.400. The zero-order valence-corrected chi connectivity index (χ0v) is 10.1. The molecule has 0 bridgehead atoms. The fourth-order valence-corrected chi connectivity index (χ4v) is 2.26. The molecule has 2 heteroatoms. The Bertz CT molecular complexity index is 377. The van der Waals surface area contributed by atoms with Crippen LogP contribution in [-0.4, -0.2) is 5.91 Å². The van der Waals surface area contributed by atoms with E-state index in [2.05, 4.69) is 11.4 Å². The highest BCUT2D eigenvalue weighted by molar-refractivity contribution is 5.99. The summed E-state index contributed by atoms with van der Waals surface area (Å²) in [6.45, 7) is 0. The van der Waals surface area contributed by atoms with Crippen LogP contribution in [-0.2, 0) is 4.79 Å². The molecule has 0 heterocycles. The smallest absolute Gasteiger partial charge is 0.248 e. The van der Waals surface area contributed by atoms with E-state index in [4.69, 9.17) is 0 Å². The van der Waals surface area contributed by atoms with Crippen molar-refractivity contribution < 1.29 is 4.79 Å². The van der Waals surface area contributed by atoms with Gasteiger partial charge < -0.3 is 5.32 Å². The molecule has 1 fully saturated rings. The molecule has 90 valence electrons. The van der Waals surface area contributed by atoms with Crippen LogP contribution in [0.25, 0.3) is 0 Å². The second kappa shape index (κ2) is 6.24. The number of amides is 1. The van der Waals surface area contributed by atoms with Crippen LogP contribution in [0, 0.1) is 5.92 Å². The number of hydrogen-bond acceptors (Lipinski definition) is 1. The maximum atomic E-state index is 11.7. The number of nitrogens with one attached hydrogen (secondary N) is 1. The molecule has 1 aliphatic rings. The second-order valence-electron chi connectivity index (χ2n) is 4.61. The summed E-state index contributed by atoms with van der Waals surface area (Å²) in [7, 11) is 0. The zero-order chi connectivity index (χ0) is 11.9. The lowest BCUT2D eigenvalue weighted by Crippen LogP contribution is -2.09. The fourth-order valence-electron chi connectivity index (χ4n) is 2.26. The van der Waals surface area contributed by atoms with Gasteiger partial charge in [0.15, 0.2) is 0 Å². The zero-order valence-electron chi connectivity index (χ0n) is 10.1. The van der Waals surface area contributed by atoms with E-state index in [-0.39, 0.29) is 5.91 Å². The van der Waals surface area contributed by atoms with Crippen molar-refractivity contribution in [3.63, 3.8) is 0 Å². The van der Waals surface area contributed by atoms with Crippen molar-refractivity contribution in [2.75, 3.05) is 5.32 Å². The lowest BCUT2D eigenvalue weighted by Gasteiger charge is -2.17. The van der Waals surface area contributed by atoms with Gasteiger partial charge in [0, 0.05) is 5.69 Å². The van der Waals surface area contributed by atoms with Gasteiger partial charge in [-0.2, -0.15) is 0 Å². The molecule has 1 aromatic rings. The molecule has 1 saturated carbocycles. The topological polar surface area (TPSA) is 29.1 Å². The molecule has 0 aliphatic heterocycles. The van der Waals surface area contributed by atoms with Crippen molar-refractivity contribution >= 4 is 11.6 Å². The summed E-state index contributed by atoms with van der Waals surface area (Å²) >= 11 is 0. The quantitative estimate of drug-likeness (QED) is 0.785. The Kier molecular flexibility index (Phi) is 4.37. The van der Waals surface area contributed by atoms with E-state index >= 15 is 0 Å². The molecule has 1 aromatic carbocycles. The predicted octanol–water partition coefficient (Wildman–Crippen LogP) is 3.76. The van der Waals surface area contributed by atoms with Gasteiger partial charge >= 0.3 is 0 Å². The van der Waals surface area contributed by atoms with E-state index in [0.29, 0.717) is 5.92 Å². The van der Waals surface area contributed by atoms with Crippen molar-refractivity contribution in [3.05, 3.63) is 42.5 Å². The summed E-state index contributed by atoms with van der Waals surface area (Å²) in [4.78, 5) is 11.7. The van der Waals surface area contributed by atoms with E-state index in [9.17, 15) is 4.79 Å². The number of anilines is 1. The van der Waals surface area contributed by atoms with Crippen molar-refractivity contribution in [2.24, 2.45) is 5.92 Å². The van der Waals surface area contributed by atoms with Gasteiger partial charge in [0.2, 0.25) is 5.91 Å². The Labute approximate surface area is 103 Å². The molecule has 0 saturated heterocycles. The Balaban J connectivity index is 1.82. The molecule has 0 unspecified atom stereocenters. The van der Waals surface area contributed by atoms with Crippen molar-refractivity contribution in [1.29, 1.82) is 0 Å². The summed E-state index contributed by atoms with van der Waals surface area (Å²) in [5.74, 6) is 0.576. The SMILES string of the molecule is O=C(/C=C/C1CCCCC1)Nc1ccccc1. The first kappa shape index (κ1) is 11.9. The first-order valence-corrected chi connectivity index (χ1v) is 6.39. The third-order valence-electron chi connectivity index (χ3n) is 3.21. The van der Waals surface area contributed by atoms with Gasteiger partial charge in [-0.1, -0.05) is 43.5 Å². The first-order valence-electron chi connectivity index (χ1n) is 6.39. The van der Waals surface area contributed by atoms with Gasteiger partial charge in [-0.3, -0.25) is 4.79 Å². The molecule has 2 rings (SSSR count). The van der Waals surface area contributed by atoms with Crippen LogP contribution in [0.2, 0.25) is 0 Å². The number of carbonyl (C=O) groups is 1. The number of carbonyl (C=O) groups excluding carboxylic acids is 1. The van der Waals surface area contributed by atoms with Gasteiger partial charge in [0.1, 0.15) is 0 Å². The Morgan fingerprint density at radius 1 is 1.12 bits per heavy atom. The maximum absolute atomic E-state index is 11.7. The lowest BCUT2D eigenvalue weighted by molar-refractivity contribution is -0.111. The standard InChI is InChI=1S/C15H19NO/c17-15(16-14-9-5-2-6-10-14)12-11-13-7-3-1-4-8-13/h2,5-6,9-13H,1,3-4,7-8H2,(H,16,17)/b12-11+. The monoisotopic (exact) mass is 229 g/mol. The van der Waals surface area contributed by atoms with Crippen LogP contribution < -0.4 is 5.32 Å². The summed E-state index contributed by atoms with van der Waals surface area (Å²) in [5, 5.41) is 2.86. The van der Waals surface area contributed by atoms with Gasteiger partial charge in [-0.15, -0.1) is 0 Å². The average molecular weight is 229 g/mol. The molecule has 2 nitrogen and oxygen atoms in total. The van der Waals surface area contributed by atoms with E-state index in [1.54, 1.807) is 6.08 Å². The third kappa shape index (κ3) is 4.06. The van der Waals surface area contributed by atoms with Crippen molar-refractivity contribution in [1.82, 2.24) is 0 Å². The summed E-state index contributed by atoms with van der Waals surface area (Å²) < 4.78 is 0. The second-order valence-corrected chi connectivity index (χ2v) is 4.61. The summed E-state index contributed by atoms with van der Waals surface area (Å²) in [6.07, 6.45) is 10.2. The Morgan fingerprint density at radius 3 is 2.53 bits per heavy atom. The maximum Gasteiger partial charge on any atom is 0.248 e. The minimum Gasteiger partial charge on any atom is -0.323 e. The molecule has 0 radical (unpaired) electrons. The molecular formula is C15H19NO. The van der Waals surface area contributed by atoms with Crippen molar-refractivity contribution in [3.8, 4) is 0 Å². The summed E-state index contributed by atoms with van der Waals surface area (Å²) in [6, 6.07) is 9.56. The first-order chi connectivity index (χ1) is 8.34. The van der Waals surface area contributed by atoms with E-state index < -0.39 is 0 Å². The van der Waals surface area contributed by atoms with Gasteiger partial charge in [0.05, 0.1) is 0 Å². The lowest BCUT2D eigenvalue weighted by atomic mass is 9.89. The minimum absolute atomic E-state index is 0.0261. The Morgan fingerprint density at radius 2 is 1.82 bits per heavy atom. The van der Waals surface area contributed by atoms with E-state index in [1.165, 1.54) is 32.1 Å². The van der Waals surface area contributed by atoms with Crippen LogP contribution in [0.5, 0.6) is 0 Å². The molecular weight excluding hydrogens is 210 g/mol. The van der Waals surface area contributed by atoms with E-state index in [1.807, 2.05) is 30.3 Å². The van der Waals surface area contributed by atoms with Crippen LogP contribution in [0.15, 0.2) is 42.5 Å². The number of hydrogen-bond donors (Lipinski definition) is 1. The van der Waals surface area contributed by atoms with Crippen LogP contribution in [0.3, 0.4) is 0 Å². The molecule has 1 N–H and O–H groups in total. The largest absolute Gasteiger partial charge is 0.323 e. The molecule has 1 amide bonds. The minimum atomic E-state index is -0.0261. The number of para-hydroxylation sites is 1. The molecule has 0 atom stereocenters. The summed E-state index contributed by atoms with van der Waals surface area (Å²) in [5.41, 5.74) is 0.853. The number of rotatable bonds is 3. The molecule has 17 heavy (non-hydrogen) atoms. The highest BCUT2D eigenvalue weighted by atomic mass is 16.1. The third-order valence-corrected chi connectivity index (χ3v) is 3.21. The molecule has 0 aromatic heterocycles. The average Bonchev–Trinajstić information content (AvgIpc) is 2.39. The molecule has 0 spiro atoms. The number of allylic oxidation sites excluding steroid dienone is 1. The van der Waals surface area contributed by atoms with Gasteiger partial charge in [0.25, 0.3) is 0 Å². The van der Waals surface area contributed by atoms with Gasteiger partial charge in [-0.25, -0.2) is 0 Å². The molecule has 1 aliphatic carbocycles. The normalized spacial score (nSPS) is 17.2. The van der Waals surface area contributed by atoms with Gasteiger partial charge in [-0.05, 0) is 37.0 Å². The van der Waals surface area contributed by atoms with E-state index in [0.717, 1.165) is 5.69 Å². The highest BCUT2D eigenvalue weighted by Gasteiger charge is 2.10. The van der Waals surface area contributed by atoms with Crippen LogP contribution in [0.4, 0.5) is 5.69 Å². The predicted molar refractivity (Wildman–Crippen MR) is 70.8 cm³/mol. The highest BCUT2D eigenvalue weighted by Crippen LogP contribution is 2.24. The Hall–Kier alpha value is -1.57. The van der Waals surface area contributed by atoms with Crippen LogP contribution >= 0.6 is 0 Å². The van der Waals surface area contributed by atoms with Crippen LogP contribution in [0.1, 0.15) is 32.1 Å². The van der Waals surface area contributed by atoms with Crippen molar-refractivity contribution in [2.45, 2.75) is 32.1 Å². The number of benzene rings is 1.